The number of aromatic amines is 1. The van der Waals surface area contributed by atoms with E-state index >= 15 is 0 Å². The number of rotatable bonds is 3. The van der Waals surface area contributed by atoms with Gasteiger partial charge in [0, 0.05) is 10.6 Å². The first-order chi connectivity index (χ1) is 10.7. The van der Waals surface area contributed by atoms with Crippen LogP contribution < -0.4 is 5.56 Å². The van der Waals surface area contributed by atoms with Gasteiger partial charge in [0.1, 0.15) is 10.6 Å². The number of hydrogen-bond donors (Lipinski definition) is 1. The van der Waals surface area contributed by atoms with E-state index in [-0.39, 0.29) is 11.4 Å². The third-order valence-electron chi connectivity index (χ3n) is 3.82. The van der Waals surface area contributed by atoms with Gasteiger partial charge >= 0.3 is 0 Å². The van der Waals surface area contributed by atoms with E-state index in [1.807, 2.05) is 6.07 Å². The van der Waals surface area contributed by atoms with Crippen LogP contribution in [0, 0.1) is 5.82 Å². The molecule has 4 rings (SSSR count). The molecule has 2 aromatic heterocycles. The number of benzene rings is 1. The van der Waals surface area contributed by atoms with Gasteiger partial charge in [-0.1, -0.05) is 23.9 Å². The van der Waals surface area contributed by atoms with Crippen molar-refractivity contribution in [1.29, 1.82) is 0 Å². The van der Waals surface area contributed by atoms with Gasteiger partial charge in [0.05, 0.1) is 5.39 Å². The lowest BCUT2D eigenvalue weighted by atomic mass is 10.2. The SMILES string of the molecule is O=c1[nH]c(SCc2cccc(F)c2)nc2sc3c(c12)CCC3. The molecular weight excluding hydrogens is 319 g/mol. The fourth-order valence-electron chi connectivity index (χ4n) is 2.83. The number of aryl methyl sites for hydroxylation is 2. The molecule has 0 aliphatic heterocycles. The molecule has 0 saturated heterocycles. The molecule has 2 heterocycles. The molecule has 0 radical (unpaired) electrons. The van der Waals surface area contributed by atoms with Crippen molar-refractivity contribution in [1.82, 2.24) is 9.97 Å². The van der Waals surface area contributed by atoms with Crippen LogP contribution in [0.4, 0.5) is 4.39 Å². The lowest BCUT2D eigenvalue weighted by Crippen LogP contribution is -2.09. The lowest BCUT2D eigenvalue weighted by molar-refractivity contribution is 0.626. The minimum Gasteiger partial charge on any atom is -0.301 e. The average molecular weight is 332 g/mol. The van der Waals surface area contributed by atoms with Crippen molar-refractivity contribution in [2.24, 2.45) is 0 Å². The van der Waals surface area contributed by atoms with Crippen molar-refractivity contribution in [3.63, 3.8) is 0 Å². The Balaban J connectivity index is 1.64. The molecule has 6 heteroatoms. The predicted molar refractivity (Wildman–Crippen MR) is 88.2 cm³/mol. The molecule has 1 N–H and O–H groups in total. The fraction of sp³-hybridized carbons (Fsp3) is 0.250. The number of nitrogens with one attached hydrogen (secondary N) is 1. The molecule has 0 atom stereocenters. The first kappa shape index (κ1) is 14.0. The second-order valence-electron chi connectivity index (χ2n) is 5.33. The zero-order chi connectivity index (χ0) is 15.1. The van der Waals surface area contributed by atoms with Gasteiger partial charge in [0.2, 0.25) is 0 Å². The van der Waals surface area contributed by atoms with Crippen LogP contribution in [-0.2, 0) is 18.6 Å². The van der Waals surface area contributed by atoms with Crippen molar-refractivity contribution in [3.8, 4) is 0 Å². The van der Waals surface area contributed by atoms with E-state index < -0.39 is 0 Å². The summed E-state index contributed by atoms with van der Waals surface area (Å²) in [5, 5.41) is 1.37. The summed E-state index contributed by atoms with van der Waals surface area (Å²) in [5.41, 5.74) is 2.02. The first-order valence-corrected chi connectivity index (χ1v) is 8.93. The highest BCUT2D eigenvalue weighted by Crippen LogP contribution is 2.35. The molecular formula is C16H13FN2OS2. The second kappa shape index (κ2) is 5.52. The zero-order valence-electron chi connectivity index (χ0n) is 11.7. The van der Waals surface area contributed by atoms with E-state index in [9.17, 15) is 9.18 Å². The Hall–Kier alpha value is -1.66. The van der Waals surface area contributed by atoms with Gasteiger partial charge in [0.25, 0.3) is 5.56 Å². The Morgan fingerprint density at radius 3 is 3.14 bits per heavy atom. The van der Waals surface area contributed by atoms with Crippen LogP contribution in [-0.4, -0.2) is 9.97 Å². The Morgan fingerprint density at radius 2 is 2.27 bits per heavy atom. The third-order valence-corrected chi connectivity index (χ3v) is 5.95. The minimum absolute atomic E-state index is 0.0499. The molecule has 112 valence electrons. The Morgan fingerprint density at radius 1 is 1.36 bits per heavy atom. The first-order valence-electron chi connectivity index (χ1n) is 7.12. The molecule has 3 nitrogen and oxygen atoms in total. The topological polar surface area (TPSA) is 45.8 Å². The Bertz CT molecular complexity index is 916. The maximum Gasteiger partial charge on any atom is 0.260 e. The van der Waals surface area contributed by atoms with Gasteiger partial charge in [-0.25, -0.2) is 9.37 Å². The van der Waals surface area contributed by atoms with Gasteiger partial charge < -0.3 is 4.98 Å². The molecule has 1 aliphatic rings. The Kier molecular flexibility index (Phi) is 3.50. The van der Waals surface area contributed by atoms with Crippen molar-refractivity contribution in [3.05, 3.63) is 56.4 Å². The number of fused-ring (bicyclic) bond motifs is 3. The van der Waals surface area contributed by atoms with E-state index in [1.165, 1.54) is 34.3 Å². The number of thioether (sulfide) groups is 1. The summed E-state index contributed by atoms with van der Waals surface area (Å²) < 4.78 is 13.2. The van der Waals surface area contributed by atoms with Gasteiger partial charge in [0.15, 0.2) is 5.16 Å². The van der Waals surface area contributed by atoms with Gasteiger partial charge in [-0.05, 0) is 42.5 Å². The summed E-state index contributed by atoms with van der Waals surface area (Å²) in [6, 6.07) is 6.48. The quantitative estimate of drug-likeness (QED) is 0.584. The number of halogens is 1. The molecule has 0 amide bonds. The highest BCUT2D eigenvalue weighted by atomic mass is 32.2. The Labute approximate surface area is 134 Å². The molecule has 1 aliphatic carbocycles. The third kappa shape index (κ3) is 2.46. The monoisotopic (exact) mass is 332 g/mol. The van der Waals surface area contributed by atoms with Crippen LogP contribution in [0.1, 0.15) is 22.4 Å². The molecule has 0 spiro atoms. The highest BCUT2D eigenvalue weighted by Gasteiger charge is 2.21. The largest absolute Gasteiger partial charge is 0.301 e. The van der Waals surface area contributed by atoms with E-state index in [0.717, 1.165) is 35.0 Å². The maximum absolute atomic E-state index is 13.2. The predicted octanol–water partition coefficient (Wildman–Crippen LogP) is 3.90. The number of hydrogen-bond acceptors (Lipinski definition) is 4. The average Bonchev–Trinajstić information content (AvgIpc) is 3.05. The smallest absolute Gasteiger partial charge is 0.260 e. The lowest BCUT2D eigenvalue weighted by Gasteiger charge is -2.02. The summed E-state index contributed by atoms with van der Waals surface area (Å²) in [6.45, 7) is 0. The molecule has 3 aromatic rings. The van der Waals surface area contributed by atoms with Crippen molar-refractivity contribution >= 4 is 33.3 Å². The molecule has 22 heavy (non-hydrogen) atoms. The number of thiophene rings is 1. The van der Waals surface area contributed by atoms with E-state index in [4.69, 9.17) is 0 Å². The number of H-pyrrole nitrogens is 1. The molecule has 0 unspecified atom stereocenters. The van der Waals surface area contributed by atoms with Crippen LogP contribution in [0.2, 0.25) is 0 Å². The minimum atomic E-state index is -0.246. The van der Waals surface area contributed by atoms with Gasteiger partial charge in [-0.15, -0.1) is 11.3 Å². The summed E-state index contributed by atoms with van der Waals surface area (Å²) >= 11 is 3.06. The summed E-state index contributed by atoms with van der Waals surface area (Å²) in [6.07, 6.45) is 3.17. The normalized spacial score (nSPS) is 13.7. The number of aromatic nitrogens is 2. The second-order valence-corrected chi connectivity index (χ2v) is 7.37. The van der Waals surface area contributed by atoms with E-state index in [2.05, 4.69) is 9.97 Å². The van der Waals surface area contributed by atoms with Gasteiger partial charge in [-0.2, -0.15) is 0 Å². The van der Waals surface area contributed by atoms with E-state index in [0.29, 0.717) is 10.9 Å². The van der Waals surface area contributed by atoms with Gasteiger partial charge in [-0.3, -0.25) is 4.79 Å². The van der Waals surface area contributed by atoms with Crippen LogP contribution in [0.5, 0.6) is 0 Å². The van der Waals surface area contributed by atoms with Crippen LogP contribution in [0.3, 0.4) is 0 Å². The summed E-state index contributed by atoms with van der Waals surface area (Å²) in [4.78, 5) is 21.9. The standard InChI is InChI=1S/C16H13FN2OS2/c17-10-4-1-3-9(7-10)8-21-16-18-14(20)13-11-5-2-6-12(11)22-15(13)19-16/h1,3-4,7H,2,5-6,8H2,(H,18,19,20). The molecule has 0 saturated carbocycles. The summed E-state index contributed by atoms with van der Waals surface area (Å²) in [7, 11) is 0. The maximum atomic E-state index is 13.2. The molecule has 0 fully saturated rings. The van der Waals surface area contributed by atoms with Crippen LogP contribution in [0.15, 0.2) is 34.2 Å². The summed E-state index contributed by atoms with van der Waals surface area (Å²) in [5.74, 6) is 0.335. The van der Waals surface area contributed by atoms with Crippen LogP contribution in [0.25, 0.3) is 10.2 Å². The fourth-order valence-corrected chi connectivity index (χ4v) is 4.95. The highest BCUT2D eigenvalue weighted by molar-refractivity contribution is 7.98. The van der Waals surface area contributed by atoms with Crippen molar-refractivity contribution in [2.45, 2.75) is 30.2 Å². The van der Waals surface area contributed by atoms with E-state index in [1.54, 1.807) is 17.4 Å². The zero-order valence-corrected chi connectivity index (χ0v) is 13.3. The van der Waals surface area contributed by atoms with Crippen LogP contribution >= 0.6 is 23.1 Å². The number of nitrogens with zero attached hydrogens (tertiary/aromatic N) is 1. The molecule has 1 aromatic carbocycles. The van der Waals surface area contributed by atoms with Crippen molar-refractivity contribution < 1.29 is 4.39 Å². The molecule has 0 bridgehead atoms. The van der Waals surface area contributed by atoms with Crippen molar-refractivity contribution in [2.75, 3.05) is 0 Å².